The van der Waals surface area contributed by atoms with E-state index >= 15 is 0 Å². The number of fused-ring (bicyclic) bond motifs is 1. The summed E-state index contributed by atoms with van der Waals surface area (Å²) in [6, 6.07) is 3.07. The van der Waals surface area contributed by atoms with Crippen LogP contribution in [0, 0.1) is 5.92 Å². The fourth-order valence-electron chi connectivity index (χ4n) is 6.49. The summed E-state index contributed by atoms with van der Waals surface area (Å²) in [4.78, 5) is 32.7. The van der Waals surface area contributed by atoms with E-state index in [-0.39, 0.29) is 31.5 Å². The number of rotatable bonds is 16. The average Bonchev–Trinajstić information content (AvgIpc) is 3.67. The molecule has 2 saturated heterocycles. The number of carbonyl (C=O) groups is 2. The van der Waals surface area contributed by atoms with Gasteiger partial charge in [0.2, 0.25) is 28.5 Å². The molecule has 1 aromatic carbocycles. The number of nitrogens with zero attached hydrogens (tertiary/aromatic N) is 4. The maximum absolute atomic E-state index is 13.8. The summed E-state index contributed by atoms with van der Waals surface area (Å²) in [5.41, 5.74) is 0.730. The molecule has 0 unspecified atom stereocenters. The number of hydrogen-bond acceptors (Lipinski definition) is 9. The molecule has 0 aromatic heterocycles. The summed E-state index contributed by atoms with van der Waals surface area (Å²) in [6.45, 7) is 5.49. The normalized spacial score (nSPS) is 23.2. The molecule has 0 spiro atoms. The van der Waals surface area contributed by atoms with Gasteiger partial charge in [0.15, 0.2) is 11.5 Å². The van der Waals surface area contributed by atoms with Gasteiger partial charge < -0.3 is 29.1 Å². The van der Waals surface area contributed by atoms with Crippen molar-refractivity contribution in [3.63, 3.8) is 0 Å². The van der Waals surface area contributed by atoms with Gasteiger partial charge in [-0.15, -0.1) is 0 Å². The molecule has 13 heteroatoms. The highest BCUT2D eigenvalue weighted by atomic mass is 32.2. The van der Waals surface area contributed by atoms with Crippen molar-refractivity contribution in [3.8, 4) is 17.2 Å². The van der Waals surface area contributed by atoms with E-state index in [0.29, 0.717) is 56.3 Å². The van der Waals surface area contributed by atoms with E-state index in [0.717, 1.165) is 37.8 Å². The van der Waals surface area contributed by atoms with Crippen molar-refractivity contribution >= 4 is 21.9 Å². The molecule has 1 amide bonds. The highest BCUT2D eigenvalue weighted by Gasteiger charge is 2.48. The Hall–Kier alpha value is -2.61. The predicted molar refractivity (Wildman–Crippen MR) is 162 cm³/mol. The van der Waals surface area contributed by atoms with Gasteiger partial charge in [-0.1, -0.05) is 13.3 Å². The van der Waals surface area contributed by atoms with Crippen molar-refractivity contribution in [2.75, 3.05) is 79.6 Å². The number of sulfonamides is 1. The Morgan fingerprint density at radius 2 is 1.86 bits per heavy atom. The van der Waals surface area contributed by atoms with E-state index in [1.54, 1.807) is 12.1 Å². The van der Waals surface area contributed by atoms with Crippen LogP contribution < -0.4 is 14.2 Å². The second-order valence-electron chi connectivity index (χ2n) is 12.0. The molecule has 3 aliphatic rings. The van der Waals surface area contributed by atoms with E-state index in [4.69, 9.17) is 14.2 Å². The Balaban J connectivity index is 1.59. The summed E-state index contributed by atoms with van der Waals surface area (Å²) in [5.74, 6) is -0.752. The van der Waals surface area contributed by atoms with Crippen LogP contribution in [-0.2, 0) is 19.6 Å². The summed E-state index contributed by atoms with van der Waals surface area (Å²) < 4.78 is 43.3. The maximum atomic E-state index is 13.8. The predicted octanol–water partition coefficient (Wildman–Crippen LogP) is 2.29. The van der Waals surface area contributed by atoms with Gasteiger partial charge in [-0.05, 0) is 70.4 Å². The summed E-state index contributed by atoms with van der Waals surface area (Å²) in [7, 11) is 2.25. The number of benzene rings is 1. The SMILES string of the molecule is CCCCN(CCCCN(C)C)C(=O)CN1C[C@H](c2cc(OC)c3c(c2)OCO3)[C@@H](C(=O)O)[C@@H]1CCN1CCCS1(=O)=O. The number of unbranched alkanes of at least 4 members (excludes halogenated alkanes) is 2. The molecule has 0 aliphatic carbocycles. The topological polar surface area (TPSA) is 129 Å². The lowest BCUT2D eigenvalue weighted by atomic mass is 9.84. The lowest BCUT2D eigenvalue weighted by molar-refractivity contribution is -0.143. The zero-order valence-electron chi connectivity index (χ0n) is 26.0. The fraction of sp³-hybridized carbons (Fsp3) is 0.733. The first kappa shape index (κ1) is 33.3. The zero-order chi connectivity index (χ0) is 31.1. The van der Waals surface area contributed by atoms with Crippen LogP contribution in [0.4, 0.5) is 0 Å². The molecule has 0 bridgehead atoms. The van der Waals surface area contributed by atoms with Gasteiger partial charge in [0.05, 0.1) is 25.3 Å². The Labute approximate surface area is 255 Å². The number of amides is 1. The van der Waals surface area contributed by atoms with Crippen molar-refractivity contribution in [3.05, 3.63) is 17.7 Å². The minimum absolute atomic E-state index is 0.0230. The first-order chi connectivity index (χ1) is 20.6. The molecule has 3 atom stereocenters. The van der Waals surface area contributed by atoms with Gasteiger partial charge >= 0.3 is 5.97 Å². The average molecular weight is 625 g/mol. The smallest absolute Gasteiger partial charge is 0.308 e. The van der Waals surface area contributed by atoms with E-state index in [1.807, 2.05) is 23.9 Å². The number of ether oxygens (including phenoxy) is 3. The molecule has 1 aromatic rings. The lowest BCUT2D eigenvalue weighted by Crippen LogP contribution is -2.45. The van der Waals surface area contributed by atoms with Gasteiger partial charge in [-0.3, -0.25) is 14.5 Å². The third-order valence-electron chi connectivity index (χ3n) is 8.78. The minimum atomic E-state index is -3.34. The molecular formula is C30H48N4O8S. The Kier molecular flexibility index (Phi) is 11.5. The third-order valence-corrected chi connectivity index (χ3v) is 10.7. The number of likely N-dealkylation sites (tertiary alicyclic amines) is 1. The Morgan fingerprint density at radius 3 is 2.51 bits per heavy atom. The van der Waals surface area contributed by atoms with Crippen LogP contribution in [-0.4, -0.2) is 130 Å². The highest BCUT2D eigenvalue weighted by Crippen LogP contribution is 2.47. The molecule has 12 nitrogen and oxygen atoms in total. The van der Waals surface area contributed by atoms with Gasteiger partial charge in [-0.2, -0.15) is 0 Å². The molecule has 2 fully saturated rings. The Morgan fingerprint density at radius 1 is 1.12 bits per heavy atom. The molecule has 0 saturated carbocycles. The third kappa shape index (κ3) is 8.11. The van der Waals surface area contributed by atoms with E-state index in [9.17, 15) is 23.1 Å². The van der Waals surface area contributed by atoms with Crippen LogP contribution in [0.2, 0.25) is 0 Å². The monoisotopic (exact) mass is 624 g/mol. The standard InChI is InChI=1S/C30H48N4O8S/c1-5-6-12-32(13-8-7-11-31(2)3)27(35)20-33-19-23(22-17-25(40-4)29-26(18-22)41-21-42-29)28(30(36)37)24(33)10-15-34-14-9-16-43(34,38)39/h17-18,23-24,28H,5-16,19-21H2,1-4H3,(H,36,37)/t23-,24+,28-/m1/s1. The highest BCUT2D eigenvalue weighted by molar-refractivity contribution is 7.89. The molecule has 43 heavy (non-hydrogen) atoms. The number of hydrogen-bond donors (Lipinski definition) is 1. The largest absolute Gasteiger partial charge is 0.493 e. The van der Waals surface area contributed by atoms with Crippen molar-refractivity contribution in [1.29, 1.82) is 0 Å². The first-order valence-electron chi connectivity index (χ1n) is 15.4. The minimum Gasteiger partial charge on any atom is -0.493 e. The second-order valence-corrected chi connectivity index (χ2v) is 14.1. The molecule has 0 radical (unpaired) electrons. The van der Waals surface area contributed by atoms with Crippen LogP contribution in [0.1, 0.15) is 56.9 Å². The summed E-state index contributed by atoms with van der Waals surface area (Å²) in [6.07, 6.45) is 4.62. The molecule has 4 rings (SSSR count). The first-order valence-corrected chi connectivity index (χ1v) is 17.0. The van der Waals surface area contributed by atoms with Gasteiger partial charge in [0.1, 0.15) is 0 Å². The van der Waals surface area contributed by atoms with E-state index < -0.39 is 33.9 Å². The Bertz CT molecular complexity index is 1230. The number of carbonyl (C=O) groups excluding carboxylic acids is 1. The lowest BCUT2D eigenvalue weighted by Gasteiger charge is -2.30. The van der Waals surface area contributed by atoms with E-state index in [1.165, 1.54) is 11.4 Å². The number of carboxylic acid groups (broad SMARTS) is 1. The maximum Gasteiger partial charge on any atom is 0.308 e. The van der Waals surface area contributed by atoms with Crippen LogP contribution in [0.3, 0.4) is 0 Å². The summed E-state index contributed by atoms with van der Waals surface area (Å²) in [5, 5.41) is 10.6. The molecule has 3 aliphatic heterocycles. The molecule has 242 valence electrons. The van der Waals surface area contributed by atoms with Crippen molar-refractivity contribution in [2.45, 2.75) is 57.4 Å². The van der Waals surface area contributed by atoms with Gasteiger partial charge in [0, 0.05) is 44.7 Å². The second kappa shape index (κ2) is 14.9. The van der Waals surface area contributed by atoms with E-state index in [2.05, 4.69) is 11.8 Å². The van der Waals surface area contributed by atoms with Crippen LogP contribution in [0.25, 0.3) is 0 Å². The number of carboxylic acids is 1. The van der Waals surface area contributed by atoms with Gasteiger partial charge in [0.25, 0.3) is 0 Å². The summed E-state index contributed by atoms with van der Waals surface area (Å²) >= 11 is 0. The fourth-order valence-corrected chi connectivity index (χ4v) is 8.03. The van der Waals surface area contributed by atoms with Crippen LogP contribution >= 0.6 is 0 Å². The molecule has 1 N–H and O–H groups in total. The van der Waals surface area contributed by atoms with Crippen molar-refractivity contribution < 1.29 is 37.3 Å². The molecule has 3 heterocycles. The van der Waals surface area contributed by atoms with Crippen molar-refractivity contribution in [2.24, 2.45) is 5.92 Å². The molecular weight excluding hydrogens is 576 g/mol. The van der Waals surface area contributed by atoms with Crippen LogP contribution in [0.5, 0.6) is 17.2 Å². The van der Waals surface area contributed by atoms with Crippen molar-refractivity contribution in [1.82, 2.24) is 19.0 Å². The van der Waals surface area contributed by atoms with Gasteiger partial charge in [-0.25, -0.2) is 12.7 Å². The quantitative estimate of drug-likeness (QED) is 0.274. The zero-order valence-corrected chi connectivity index (χ0v) is 26.8. The van der Waals surface area contributed by atoms with Crippen LogP contribution in [0.15, 0.2) is 12.1 Å². The number of methoxy groups -OCH3 is 1. The number of aliphatic carboxylic acids is 1.